The first-order valence-corrected chi connectivity index (χ1v) is 19.7. The number of hydrogen-bond acceptors (Lipinski definition) is 7. The fourth-order valence-electron chi connectivity index (χ4n) is 10.6. The maximum absolute atomic E-state index is 13.1. The van der Waals surface area contributed by atoms with E-state index < -0.39 is 0 Å². The Morgan fingerprint density at radius 3 is 2.48 bits per heavy atom. The first-order valence-electron chi connectivity index (χ1n) is 19.4. The molecule has 0 unspecified atom stereocenters. The molecule has 0 atom stereocenters. The molecule has 52 heavy (non-hydrogen) atoms. The molecule has 2 saturated heterocycles. The fourth-order valence-corrected chi connectivity index (χ4v) is 10.8. The molecular formula is C42H47ClN6O3. The highest BCUT2D eigenvalue weighted by atomic mass is 35.5. The second-order valence-corrected chi connectivity index (χ2v) is 17.2. The monoisotopic (exact) mass is 718 g/mol. The van der Waals surface area contributed by atoms with Crippen molar-refractivity contribution in [1.29, 1.82) is 0 Å². The minimum absolute atomic E-state index is 0.0279. The molecule has 1 N–H and O–H groups in total. The Hall–Kier alpha value is -3.92. The van der Waals surface area contributed by atoms with Gasteiger partial charge in [0, 0.05) is 73.1 Å². The van der Waals surface area contributed by atoms with Gasteiger partial charge in [0.05, 0.1) is 33.6 Å². The number of nitrogens with one attached hydrogen (secondary N) is 1. The summed E-state index contributed by atoms with van der Waals surface area (Å²) in [7, 11) is 0. The number of ether oxygens (including phenoxy) is 1. The molecule has 10 rings (SSSR count). The molecule has 5 aliphatic heterocycles. The molecule has 1 saturated carbocycles. The third kappa shape index (κ3) is 4.98. The lowest BCUT2D eigenvalue weighted by Crippen LogP contribution is -2.51. The van der Waals surface area contributed by atoms with Crippen molar-refractivity contribution in [1.82, 2.24) is 24.7 Å². The van der Waals surface area contributed by atoms with Gasteiger partial charge in [0.1, 0.15) is 11.6 Å². The Labute approximate surface area is 309 Å². The van der Waals surface area contributed by atoms with Crippen LogP contribution in [0.15, 0.2) is 53.3 Å². The third-order valence-corrected chi connectivity index (χ3v) is 14.0. The SMILES string of the molecule is CC1(C)c2ccc(N3CCN(C4CCC(CN5CCC6(CC5)COc5c6ccc6c5CNC6=O)CC4)CC3)cc2-n2c1nc(=O)c1c(Cl)cccc12. The van der Waals surface area contributed by atoms with Crippen LogP contribution in [0.25, 0.3) is 16.6 Å². The number of hydrogen-bond donors (Lipinski definition) is 1. The summed E-state index contributed by atoms with van der Waals surface area (Å²) in [6, 6.07) is 17.3. The summed E-state index contributed by atoms with van der Waals surface area (Å²) in [4.78, 5) is 37.8. The predicted octanol–water partition coefficient (Wildman–Crippen LogP) is 6.03. The van der Waals surface area contributed by atoms with Crippen molar-refractivity contribution in [2.24, 2.45) is 5.92 Å². The zero-order valence-corrected chi connectivity index (χ0v) is 31.0. The number of amides is 1. The summed E-state index contributed by atoms with van der Waals surface area (Å²) < 4.78 is 8.45. The Bertz CT molecular complexity index is 2170. The van der Waals surface area contributed by atoms with E-state index in [0.717, 1.165) is 98.5 Å². The van der Waals surface area contributed by atoms with E-state index in [1.54, 1.807) is 6.07 Å². The number of carbonyl (C=O) groups excluding carboxylic acids is 1. The van der Waals surface area contributed by atoms with Crippen LogP contribution in [0.4, 0.5) is 5.69 Å². The van der Waals surface area contributed by atoms with Crippen molar-refractivity contribution in [3.8, 4) is 11.4 Å². The van der Waals surface area contributed by atoms with Crippen LogP contribution < -0.4 is 20.5 Å². The second kappa shape index (κ2) is 12.1. The zero-order valence-electron chi connectivity index (χ0n) is 30.2. The second-order valence-electron chi connectivity index (χ2n) is 16.8. The van der Waals surface area contributed by atoms with Crippen LogP contribution in [0.1, 0.15) is 85.2 Å². The van der Waals surface area contributed by atoms with Crippen molar-refractivity contribution < 1.29 is 9.53 Å². The fraction of sp³-hybridized carbons (Fsp3) is 0.500. The number of piperazine rings is 1. The van der Waals surface area contributed by atoms with Crippen LogP contribution in [0.3, 0.4) is 0 Å². The number of anilines is 1. The molecule has 6 aliphatic rings. The van der Waals surface area contributed by atoms with Crippen molar-refractivity contribution >= 4 is 34.1 Å². The van der Waals surface area contributed by atoms with E-state index in [9.17, 15) is 9.59 Å². The van der Waals surface area contributed by atoms with Gasteiger partial charge in [0.15, 0.2) is 0 Å². The first kappa shape index (κ1) is 32.7. The molecule has 270 valence electrons. The Morgan fingerprint density at radius 2 is 1.69 bits per heavy atom. The van der Waals surface area contributed by atoms with Gasteiger partial charge in [-0.2, -0.15) is 4.98 Å². The lowest BCUT2D eigenvalue weighted by atomic mass is 9.73. The Balaban J connectivity index is 0.749. The quantitative estimate of drug-likeness (QED) is 0.276. The summed E-state index contributed by atoms with van der Waals surface area (Å²) in [5.74, 6) is 2.58. The summed E-state index contributed by atoms with van der Waals surface area (Å²) in [6.07, 6.45) is 7.51. The smallest absolute Gasteiger partial charge is 0.282 e. The van der Waals surface area contributed by atoms with E-state index in [4.69, 9.17) is 16.3 Å². The Morgan fingerprint density at radius 1 is 0.923 bits per heavy atom. The highest BCUT2D eigenvalue weighted by molar-refractivity contribution is 6.35. The van der Waals surface area contributed by atoms with Gasteiger partial charge in [0.25, 0.3) is 11.5 Å². The molecule has 1 aliphatic carbocycles. The highest BCUT2D eigenvalue weighted by Gasteiger charge is 2.45. The number of benzene rings is 3. The largest absolute Gasteiger partial charge is 0.492 e. The number of rotatable bonds is 4. The lowest BCUT2D eigenvalue weighted by molar-refractivity contribution is 0.0894. The van der Waals surface area contributed by atoms with Crippen molar-refractivity contribution in [2.45, 2.75) is 75.8 Å². The van der Waals surface area contributed by atoms with E-state index in [1.165, 1.54) is 49.0 Å². The van der Waals surface area contributed by atoms with Crippen LogP contribution in [0, 0.1) is 5.92 Å². The van der Waals surface area contributed by atoms with Crippen LogP contribution >= 0.6 is 11.6 Å². The van der Waals surface area contributed by atoms with E-state index in [-0.39, 0.29) is 22.3 Å². The van der Waals surface area contributed by atoms with E-state index in [0.29, 0.717) is 23.0 Å². The minimum Gasteiger partial charge on any atom is -0.492 e. The number of piperidine rings is 1. The summed E-state index contributed by atoms with van der Waals surface area (Å²) in [6.45, 7) is 13.3. The standard InChI is InChI=1S/C42H47ClN6O3/c1-41(2)31-12-10-28(22-35(31)49-34-5-3-4-33(43)36(34)39(51)45-40(41)49)48-20-18-47(19-21-48)27-8-6-26(7-9-27)24-46-16-14-42(15-17-46)25-52-37-30-23-44-38(50)29(30)11-13-32(37)42/h3-5,10-13,22,26-27H,6-9,14-21,23-25H2,1-2H3,(H,44,50). The summed E-state index contributed by atoms with van der Waals surface area (Å²) >= 11 is 6.52. The summed E-state index contributed by atoms with van der Waals surface area (Å²) in [5, 5.41) is 3.90. The van der Waals surface area contributed by atoms with Crippen LogP contribution in [0.2, 0.25) is 5.02 Å². The number of nitrogens with zero attached hydrogens (tertiary/aromatic N) is 5. The van der Waals surface area contributed by atoms with E-state index in [1.807, 2.05) is 18.2 Å². The van der Waals surface area contributed by atoms with Gasteiger partial charge >= 0.3 is 0 Å². The van der Waals surface area contributed by atoms with Gasteiger partial charge in [-0.25, -0.2) is 0 Å². The molecule has 1 aromatic heterocycles. The molecule has 0 radical (unpaired) electrons. The highest BCUT2D eigenvalue weighted by Crippen LogP contribution is 2.49. The molecule has 0 bridgehead atoms. The van der Waals surface area contributed by atoms with Gasteiger partial charge in [0.2, 0.25) is 0 Å². The third-order valence-electron chi connectivity index (χ3n) is 13.7. The molecule has 3 fully saturated rings. The molecule has 3 aromatic carbocycles. The van der Waals surface area contributed by atoms with Gasteiger partial charge in [-0.15, -0.1) is 0 Å². The van der Waals surface area contributed by atoms with Crippen molar-refractivity contribution in [2.75, 3.05) is 57.3 Å². The summed E-state index contributed by atoms with van der Waals surface area (Å²) in [5.41, 5.74) is 7.00. The normalized spacial score (nSPS) is 24.8. The first-order chi connectivity index (χ1) is 25.2. The van der Waals surface area contributed by atoms with E-state index in [2.05, 4.69) is 67.7 Å². The predicted molar refractivity (Wildman–Crippen MR) is 204 cm³/mol. The van der Waals surface area contributed by atoms with Gasteiger partial charge in [-0.05, 0) is 107 Å². The average molecular weight is 719 g/mol. The van der Waals surface area contributed by atoms with Gasteiger partial charge < -0.3 is 19.9 Å². The molecule has 6 heterocycles. The van der Waals surface area contributed by atoms with Crippen LogP contribution in [-0.4, -0.2) is 83.7 Å². The number of aromatic nitrogens is 2. The maximum atomic E-state index is 13.1. The molecular weight excluding hydrogens is 672 g/mol. The van der Waals surface area contributed by atoms with Gasteiger partial charge in [-0.3, -0.25) is 19.1 Å². The zero-order chi connectivity index (χ0) is 35.4. The topological polar surface area (TPSA) is 82.9 Å². The van der Waals surface area contributed by atoms with E-state index >= 15 is 0 Å². The number of fused-ring (bicyclic) bond motifs is 9. The molecule has 4 aromatic rings. The minimum atomic E-state index is -0.379. The molecule has 10 heteroatoms. The maximum Gasteiger partial charge on any atom is 0.282 e. The number of halogens is 1. The van der Waals surface area contributed by atoms with Gasteiger partial charge in [-0.1, -0.05) is 29.8 Å². The molecule has 1 amide bonds. The molecule has 1 spiro atoms. The number of likely N-dealkylation sites (tertiary alicyclic amines) is 1. The Kier molecular flexibility index (Phi) is 7.58. The van der Waals surface area contributed by atoms with Crippen LogP contribution in [0.5, 0.6) is 5.75 Å². The van der Waals surface area contributed by atoms with Crippen LogP contribution in [-0.2, 0) is 17.4 Å². The number of carbonyl (C=O) groups is 1. The molecule has 9 nitrogen and oxygen atoms in total. The van der Waals surface area contributed by atoms with Crippen molar-refractivity contribution in [3.63, 3.8) is 0 Å². The average Bonchev–Trinajstić information content (AvgIpc) is 3.79. The van der Waals surface area contributed by atoms with Crippen molar-refractivity contribution in [3.05, 3.63) is 92.0 Å². The lowest BCUT2D eigenvalue weighted by Gasteiger charge is -2.44.